The lowest BCUT2D eigenvalue weighted by atomic mass is 10.0. The van der Waals surface area contributed by atoms with Crippen LogP contribution < -0.4 is 65.9 Å². The second-order valence-electron chi connectivity index (χ2n) is 16.5. The first kappa shape index (κ1) is 56.2. The number of nitrogens with zero attached hydrogens (tertiary/aromatic N) is 1. The van der Waals surface area contributed by atoms with Crippen molar-refractivity contribution in [2.45, 2.75) is 106 Å². The van der Waals surface area contributed by atoms with E-state index in [-0.39, 0.29) is 62.7 Å². The highest BCUT2D eigenvalue weighted by Crippen LogP contribution is 2.38. The molecule has 374 valence electrons. The van der Waals surface area contributed by atoms with Gasteiger partial charge in [0, 0.05) is 29.9 Å². The number of unbranched alkanes of at least 4 members (excludes halogenated alkanes) is 1. The molecule has 0 aromatic heterocycles. The van der Waals surface area contributed by atoms with E-state index >= 15 is 0 Å². The zero-order valence-electron chi connectivity index (χ0n) is 38.0. The fourth-order valence-corrected chi connectivity index (χ4v) is 9.36. The van der Waals surface area contributed by atoms with Crippen molar-refractivity contribution >= 4 is 74.8 Å². The Balaban J connectivity index is 2.03. The molecule has 1 heterocycles. The Kier molecular flexibility index (Phi) is 23.3. The average molecular weight is 988 g/mol. The molecule has 0 aliphatic carbocycles. The normalized spacial score (nSPS) is 21.8. The third kappa shape index (κ3) is 19.2. The van der Waals surface area contributed by atoms with Gasteiger partial charge in [-0.2, -0.15) is 0 Å². The van der Waals surface area contributed by atoms with Crippen molar-refractivity contribution in [3.8, 4) is 5.75 Å². The summed E-state index contributed by atoms with van der Waals surface area (Å²) in [6.07, 6.45) is 1.09. The van der Waals surface area contributed by atoms with Crippen LogP contribution in [0.1, 0.15) is 57.1 Å². The van der Waals surface area contributed by atoms with Crippen LogP contribution in [0.25, 0.3) is 0 Å². The zero-order chi connectivity index (χ0) is 50.4. The van der Waals surface area contributed by atoms with E-state index in [1.165, 1.54) is 12.1 Å². The van der Waals surface area contributed by atoms with E-state index in [4.69, 9.17) is 28.7 Å². The van der Waals surface area contributed by atoms with Crippen LogP contribution in [-0.4, -0.2) is 142 Å². The maximum Gasteiger partial charge on any atom is 0.245 e. The number of aliphatic hydroxyl groups is 1. The smallest absolute Gasteiger partial charge is 0.245 e. The molecule has 68 heavy (non-hydrogen) atoms. The quantitative estimate of drug-likeness (QED) is 0.0297. The number of phenols is 1. The maximum atomic E-state index is 14.4. The van der Waals surface area contributed by atoms with Crippen LogP contribution >= 0.6 is 21.6 Å². The summed E-state index contributed by atoms with van der Waals surface area (Å²) in [4.78, 5) is 113. The molecule has 0 spiro atoms. The van der Waals surface area contributed by atoms with Crippen molar-refractivity contribution in [3.63, 3.8) is 0 Å². The number of guanidine groups is 1. The summed E-state index contributed by atoms with van der Waals surface area (Å²) >= 11 is 0. The van der Waals surface area contributed by atoms with Gasteiger partial charge in [-0.3, -0.25) is 43.3 Å². The average Bonchev–Trinajstić information content (AvgIpc) is 3.29. The van der Waals surface area contributed by atoms with Crippen LogP contribution in [0.15, 0.2) is 59.6 Å². The third-order valence-electron chi connectivity index (χ3n) is 10.5. The molecule has 1 aliphatic heterocycles. The number of rotatable bonds is 18. The number of hydrogen-bond donors (Lipinski definition) is 14. The number of phenolic OH excluding ortho intramolecular Hbond substituents is 1. The summed E-state index contributed by atoms with van der Waals surface area (Å²) in [5.41, 5.74) is 29.8. The Morgan fingerprint density at radius 1 is 0.779 bits per heavy atom. The fraction of sp³-hybridized carbons (Fsp3) is 0.512. The lowest BCUT2D eigenvalue weighted by Gasteiger charge is -2.31. The molecule has 1 unspecified atom stereocenters. The summed E-state index contributed by atoms with van der Waals surface area (Å²) in [6.45, 7) is 2.14. The van der Waals surface area contributed by atoms with Crippen LogP contribution in [0.3, 0.4) is 0 Å². The van der Waals surface area contributed by atoms with E-state index in [2.05, 4.69) is 42.2 Å². The van der Waals surface area contributed by atoms with Crippen LogP contribution in [0.4, 0.5) is 0 Å². The zero-order valence-corrected chi connectivity index (χ0v) is 39.7. The van der Waals surface area contributed by atoms with E-state index in [9.17, 15) is 48.6 Å². The van der Waals surface area contributed by atoms with Gasteiger partial charge in [-0.05, 0) is 75.8 Å². The van der Waals surface area contributed by atoms with Crippen molar-refractivity contribution in [2.24, 2.45) is 33.7 Å². The molecule has 1 aliphatic rings. The number of aliphatic imine (C=N–C) groups is 1. The largest absolute Gasteiger partial charge is 0.508 e. The second kappa shape index (κ2) is 28.2. The van der Waals surface area contributed by atoms with Gasteiger partial charge in [0.1, 0.15) is 42.0 Å². The summed E-state index contributed by atoms with van der Waals surface area (Å²) in [5.74, 6) is -7.08. The lowest BCUT2D eigenvalue weighted by molar-refractivity contribution is -0.135. The van der Waals surface area contributed by atoms with Gasteiger partial charge in [-0.15, -0.1) is 0 Å². The number of aromatic hydroxyl groups is 1. The number of nitrogens with two attached hydrogens (primary N) is 5. The highest BCUT2D eigenvalue weighted by molar-refractivity contribution is 8.77. The molecule has 0 bridgehead atoms. The van der Waals surface area contributed by atoms with Gasteiger partial charge in [0.15, 0.2) is 5.96 Å². The molecular weight excluding hydrogens is 923 g/mol. The van der Waals surface area contributed by atoms with Gasteiger partial charge in [-0.25, -0.2) is 0 Å². The minimum Gasteiger partial charge on any atom is -0.508 e. The number of benzene rings is 2. The minimum atomic E-state index is -1.61. The van der Waals surface area contributed by atoms with Crippen LogP contribution in [0.2, 0.25) is 0 Å². The number of primary amides is 1. The first-order valence-corrected chi connectivity index (χ1v) is 24.2. The van der Waals surface area contributed by atoms with Gasteiger partial charge in [-0.1, -0.05) is 64.1 Å². The van der Waals surface area contributed by atoms with Crippen LogP contribution in [-0.2, 0) is 51.2 Å². The first-order valence-electron chi connectivity index (χ1n) is 21.9. The first-order chi connectivity index (χ1) is 32.2. The molecule has 2 aromatic carbocycles. The molecule has 1 saturated heterocycles. The van der Waals surface area contributed by atoms with Gasteiger partial charge in [0.2, 0.25) is 47.3 Å². The van der Waals surface area contributed by atoms with Crippen LogP contribution in [0, 0.1) is 0 Å². The molecule has 2 aromatic rings. The van der Waals surface area contributed by atoms with Gasteiger partial charge >= 0.3 is 0 Å². The van der Waals surface area contributed by atoms with Crippen molar-refractivity contribution in [2.75, 3.05) is 32.0 Å². The van der Waals surface area contributed by atoms with E-state index in [0.717, 1.165) is 21.6 Å². The van der Waals surface area contributed by atoms with E-state index in [0.29, 0.717) is 24.0 Å². The number of amides is 8. The Labute approximate surface area is 402 Å². The molecule has 7 atom stereocenters. The minimum absolute atomic E-state index is 0.0313. The molecule has 8 amide bonds. The SMILES string of the molecule is CC1(C)SSCC(C(=O)N[C@@H](CCCCN)C(=O)N[C@@H](CCCN=C(N)N)C(N)=O)NC(=O)[C@H](Cc2ccccc2)NC(=O)[C@H](CO)NC(=O)CNC(=O)[C@H](Cc2ccc(O)cc2)NC(=O)[C@H]1N. The monoisotopic (exact) mass is 987 g/mol. The number of nitrogens with one attached hydrogen (secondary N) is 7. The molecule has 0 saturated carbocycles. The molecule has 0 radical (unpaired) electrons. The summed E-state index contributed by atoms with van der Waals surface area (Å²) in [5, 5.41) is 37.9. The van der Waals surface area contributed by atoms with Crippen molar-refractivity contribution in [1.29, 1.82) is 0 Å². The Hall–Kier alpha value is -6.15. The fourth-order valence-electron chi connectivity index (χ4n) is 6.57. The Morgan fingerprint density at radius 2 is 1.38 bits per heavy atom. The summed E-state index contributed by atoms with van der Waals surface area (Å²) in [7, 11) is 2.15. The van der Waals surface area contributed by atoms with Crippen molar-refractivity contribution in [3.05, 3.63) is 65.7 Å². The summed E-state index contributed by atoms with van der Waals surface area (Å²) < 4.78 is -1.11. The lowest BCUT2D eigenvalue weighted by Crippen LogP contribution is -2.61. The number of carbonyl (C=O) groups excluding carboxylic acids is 8. The molecule has 19 N–H and O–H groups in total. The standard InChI is InChI=1S/C43H65N13O10S2/c1-43(2)34(45)41(66)55-29(20-25-13-15-26(58)16-14-25)36(61)50-21-33(59)51-31(22-57)39(64)54-30(19-24-9-4-3-5-10-24)38(63)56-32(23-67-68-43)40(65)53-28(11-6-7-17-44)37(62)52-27(35(46)60)12-8-18-49-42(47)48/h3-5,9-10,13-16,27-32,34,57-58H,6-8,11-12,17-23,44-45H2,1-2H3,(H2,46,60)(H,50,61)(H,51,59)(H,52,62)(H,53,65)(H,54,64)(H,55,66)(H,56,63)(H4,47,48,49)/t27-,28-,29-,30-,31-,32?,34+/m0/s1. The number of carbonyl (C=O) groups is 8. The second-order valence-corrected chi connectivity index (χ2v) is 19.5. The van der Waals surface area contributed by atoms with Crippen LogP contribution in [0.5, 0.6) is 5.75 Å². The van der Waals surface area contributed by atoms with Gasteiger partial charge < -0.3 is 76.1 Å². The third-order valence-corrected chi connectivity index (χ3v) is 13.9. The summed E-state index contributed by atoms with van der Waals surface area (Å²) in [6, 6.07) is 5.03. The van der Waals surface area contributed by atoms with Crippen molar-refractivity contribution in [1.82, 2.24) is 37.2 Å². The topological polar surface area (TPSA) is 404 Å². The molecule has 3 rings (SSSR count). The highest BCUT2D eigenvalue weighted by Gasteiger charge is 2.37. The predicted octanol–water partition coefficient (Wildman–Crippen LogP) is -3.64. The highest BCUT2D eigenvalue weighted by atomic mass is 33.1. The Bertz CT molecular complexity index is 2060. The van der Waals surface area contributed by atoms with E-state index in [1.54, 1.807) is 56.3 Å². The van der Waals surface area contributed by atoms with E-state index < -0.39 is 107 Å². The van der Waals surface area contributed by atoms with Gasteiger partial charge in [0.05, 0.1) is 19.2 Å². The number of aliphatic hydroxyl groups excluding tert-OH is 1. The predicted molar refractivity (Wildman–Crippen MR) is 258 cm³/mol. The molecular formula is C43H65N13O10S2. The Morgan fingerprint density at radius 3 is 2.00 bits per heavy atom. The maximum absolute atomic E-state index is 14.4. The molecule has 23 nitrogen and oxygen atoms in total. The van der Waals surface area contributed by atoms with Crippen molar-refractivity contribution < 1.29 is 48.6 Å². The number of hydrogen-bond acceptors (Lipinski definition) is 15. The molecule has 25 heteroatoms. The van der Waals surface area contributed by atoms with Gasteiger partial charge in [0.25, 0.3) is 0 Å². The van der Waals surface area contributed by atoms with E-state index in [1.807, 2.05) is 0 Å². The molecule has 1 fully saturated rings.